The van der Waals surface area contributed by atoms with E-state index in [1.165, 1.54) is 0 Å². The lowest BCUT2D eigenvalue weighted by Gasteiger charge is -2.23. The lowest BCUT2D eigenvalue weighted by atomic mass is 10.1. The average Bonchev–Trinajstić information content (AvgIpc) is 2.95. The largest absolute Gasteiger partial charge is 0.361 e. The normalized spacial score (nSPS) is 19.1. The highest BCUT2D eigenvalue weighted by molar-refractivity contribution is 5.38. The molecule has 0 bridgehead atoms. The average molecular weight is 258 g/mol. The Bertz CT molecular complexity index is 573. The minimum Gasteiger partial charge on any atom is -0.361 e. The zero-order chi connectivity index (χ0) is 13.4. The first-order valence-corrected chi connectivity index (χ1v) is 6.65. The number of hydrogen-bond acceptors (Lipinski definition) is 5. The molecule has 0 spiro atoms. The van der Waals surface area contributed by atoms with Crippen molar-refractivity contribution < 1.29 is 4.52 Å². The first-order chi connectivity index (χ1) is 9.13. The maximum absolute atomic E-state index is 5.19. The second kappa shape index (κ2) is 4.64. The van der Waals surface area contributed by atoms with Crippen molar-refractivity contribution in [2.24, 2.45) is 0 Å². The van der Waals surface area contributed by atoms with Gasteiger partial charge in [0.05, 0.1) is 6.04 Å². The van der Waals surface area contributed by atoms with Gasteiger partial charge in [-0.15, -0.1) is 0 Å². The predicted octanol–water partition coefficient (Wildman–Crippen LogP) is 2.73. The van der Waals surface area contributed by atoms with Crippen LogP contribution in [0.15, 0.2) is 16.7 Å². The lowest BCUT2D eigenvalue weighted by Crippen LogP contribution is -2.25. The molecule has 100 valence electrons. The van der Waals surface area contributed by atoms with E-state index in [0.29, 0.717) is 0 Å². The highest BCUT2D eigenvalue weighted by atomic mass is 16.5. The maximum atomic E-state index is 5.19. The number of rotatable bonds is 2. The highest BCUT2D eigenvalue weighted by Gasteiger charge is 2.30. The van der Waals surface area contributed by atoms with E-state index >= 15 is 0 Å². The van der Waals surface area contributed by atoms with Gasteiger partial charge in [-0.2, -0.15) is 0 Å². The highest BCUT2D eigenvalue weighted by Crippen LogP contribution is 2.34. The van der Waals surface area contributed by atoms with E-state index in [1.54, 1.807) is 0 Å². The summed E-state index contributed by atoms with van der Waals surface area (Å²) in [5, 5.41) is 4.15. The summed E-state index contributed by atoms with van der Waals surface area (Å²) in [4.78, 5) is 11.3. The SMILES string of the molecule is Cc1cc(C)nc(N2CCC[C@@H]2c2cc(C)on2)n1. The van der Waals surface area contributed by atoms with Crippen LogP contribution in [0.4, 0.5) is 5.95 Å². The van der Waals surface area contributed by atoms with Crippen molar-refractivity contribution >= 4 is 5.95 Å². The fourth-order valence-corrected chi connectivity index (χ4v) is 2.69. The number of hydrogen-bond donors (Lipinski definition) is 0. The molecule has 0 radical (unpaired) electrons. The number of anilines is 1. The van der Waals surface area contributed by atoms with Gasteiger partial charge >= 0.3 is 0 Å². The Kier molecular flexibility index (Phi) is 2.97. The van der Waals surface area contributed by atoms with Gasteiger partial charge in [0.25, 0.3) is 0 Å². The Balaban J connectivity index is 1.94. The molecule has 3 heterocycles. The molecule has 0 aromatic carbocycles. The molecule has 5 nitrogen and oxygen atoms in total. The topological polar surface area (TPSA) is 55.1 Å². The monoisotopic (exact) mass is 258 g/mol. The summed E-state index contributed by atoms with van der Waals surface area (Å²) in [6.45, 7) is 6.90. The van der Waals surface area contributed by atoms with Crippen LogP contribution in [0.5, 0.6) is 0 Å². The molecular weight excluding hydrogens is 240 g/mol. The van der Waals surface area contributed by atoms with Crippen molar-refractivity contribution in [2.75, 3.05) is 11.4 Å². The van der Waals surface area contributed by atoms with Crippen LogP contribution in [0.2, 0.25) is 0 Å². The van der Waals surface area contributed by atoms with Crippen molar-refractivity contribution in [1.29, 1.82) is 0 Å². The molecule has 1 fully saturated rings. The Morgan fingerprint density at radius 3 is 2.53 bits per heavy atom. The predicted molar refractivity (Wildman–Crippen MR) is 72.1 cm³/mol. The van der Waals surface area contributed by atoms with E-state index in [9.17, 15) is 0 Å². The number of aromatic nitrogens is 3. The van der Waals surface area contributed by atoms with Gasteiger partial charge in [0.1, 0.15) is 11.5 Å². The van der Waals surface area contributed by atoms with Crippen LogP contribution in [0.3, 0.4) is 0 Å². The first kappa shape index (κ1) is 12.1. The maximum Gasteiger partial charge on any atom is 0.226 e. The van der Waals surface area contributed by atoms with Gasteiger partial charge in [-0.05, 0) is 39.7 Å². The van der Waals surface area contributed by atoms with Crippen molar-refractivity contribution in [3.63, 3.8) is 0 Å². The molecule has 1 atom stereocenters. The first-order valence-electron chi connectivity index (χ1n) is 6.65. The fraction of sp³-hybridized carbons (Fsp3) is 0.500. The van der Waals surface area contributed by atoms with Crippen molar-refractivity contribution in [1.82, 2.24) is 15.1 Å². The molecule has 0 amide bonds. The summed E-state index contributed by atoms with van der Waals surface area (Å²) < 4.78 is 5.19. The van der Waals surface area contributed by atoms with E-state index in [4.69, 9.17) is 4.52 Å². The Labute approximate surface area is 112 Å². The summed E-state index contributed by atoms with van der Waals surface area (Å²) in [5.74, 6) is 1.66. The molecule has 0 aliphatic carbocycles. The van der Waals surface area contributed by atoms with Gasteiger partial charge in [-0.25, -0.2) is 9.97 Å². The Morgan fingerprint density at radius 1 is 1.16 bits per heavy atom. The molecule has 19 heavy (non-hydrogen) atoms. The smallest absolute Gasteiger partial charge is 0.226 e. The van der Waals surface area contributed by atoms with E-state index in [2.05, 4.69) is 20.0 Å². The second-order valence-corrected chi connectivity index (χ2v) is 5.16. The van der Waals surface area contributed by atoms with Crippen LogP contribution < -0.4 is 4.90 Å². The summed E-state index contributed by atoms with van der Waals surface area (Å²) >= 11 is 0. The molecule has 1 aliphatic heterocycles. The zero-order valence-corrected chi connectivity index (χ0v) is 11.6. The van der Waals surface area contributed by atoms with E-state index in [1.807, 2.05) is 32.9 Å². The summed E-state index contributed by atoms with van der Waals surface area (Å²) in [6.07, 6.45) is 2.20. The molecule has 5 heteroatoms. The van der Waals surface area contributed by atoms with Crippen LogP contribution in [0.25, 0.3) is 0 Å². The van der Waals surface area contributed by atoms with Crippen LogP contribution in [0, 0.1) is 20.8 Å². The minimum absolute atomic E-state index is 0.235. The molecule has 1 aliphatic rings. The molecule has 1 saturated heterocycles. The zero-order valence-electron chi connectivity index (χ0n) is 11.6. The molecule has 3 rings (SSSR count). The standard InChI is InChI=1S/C14H18N4O/c1-9-7-10(2)16-14(15-9)18-6-4-5-13(18)12-8-11(3)19-17-12/h7-8,13H,4-6H2,1-3H3/t13-/m1/s1. The third-order valence-corrected chi connectivity index (χ3v) is 3.47. The van der Waals surface area contributed by atoms with Crippen LogP contribution in [0.1, 0.15) is 41.7 Å². The minimum atomic E-state index is 0.235. The van der Waals surface area contributed by atoms with Gasteiger partial charge < -0.3 is 9.42 Å². The molecule has 0 saturated carbocycles. The Hall–Kier alpha value is -1.91. The summed E-state index contributed by atoms with van der Waals surface area (Å²) in [7, 11) is 0. The quantitative estimate of drug-likeness (QED) is 0.829. The van der Waals surface area contributed by atoms with Crippen molar-refractivity contribution in [3.8, 4) is 0 Å². The van der Waals surface area contributed by atoms with Gasteiger partial charge in [-0.3, -0.25) is 0 Å². The molecule has 0 N–H and O–H groups in total. The second-order valence-electron chi connectivity index (χ2n) is 5.16. The third-order valence-electron chi connectivity index (χ3n) is 3.47. The molecule has 2 aromatic rings. The van der Waals surface area contributed by atoms with Gasteiger partial charge in [0.15, 0.2) is 0 Å². The molecule has 0 unspecified atom stereocenters. The molecule has 2 aromatic heterocycles. The van der Waals surface area contributed by atoms with Crippen LogP contribution in [-0.4, -0.2) is 21.7 Å². The van der Waals surface area contributed by atoms with Crippen molar-refractivity contribution in [2.45, 2.75) is 39.7 Å². The van der Waals surface area contributed by atoms with Crippen LogP contribution >= 0.6 is 0 Å². The summed E-state index contributed by atoms with van der Waals surface area (Å²) in [5.41, 5.74) is 2.99. The lowest BCUT2D eigenvalue weighted by molar-refractivity contribution is 0.385. The van der Waals surface area contributed by atoms with Crippen molar-refractivity contribution in [3.05, 3.63) is 35.0 Å². The van der Waals surface area contributed by atoms with Crippen LogP contribution in [-0.2, 0) is 0 Å². The molecular formula is C14H18N4O. The van der Waals surface area contributed by atoms with E-state index in [0.717, 1.165) is 48.2 Å². The van der Waals surface area contributed by atoms with Gasteiger partial charge in [0.2, 0.25) is 5.95 Å². The Morgan fingerprint density at radius 2 is 1.89 bits per heavy atom. The number of aryl methyl sites for hydroxylation is 3. The fourth-order valence-electron chi connectivity index (χ4n) is 2.69. The number of nitrogens with zero attached hydrogens (tertiary/aromatic N) is 4. The van der Waals surface area contributed by atoms with E-state index < -0.39 is 0 Å². The third kappa shape index (κ3) is 2.32. The van der Waals surface area contributed by atoms with E-state index in [-0.39, 0.29) is 6.04 Å². The van der Waals surface area contributed by atoms with Gasteiger partial charge in [0, 0.05) is 24.0 Å². The summed E-state index contributed by atoms with van der Waals surface area (Å²) in [6, 6.07) is 4.24. The van der Waals surface area contributed by atoms with Gasteiger partial charge in [-0.1, -0.05) is 5.16 Å².